The third-order valence-corrected chi connectivity index (χ3v) is 7.64. The van der Waals surface area contributed by atoms with Crippen molar-refractivity contribution in [3.63, 3.8) is 0 Å². The summed E-state index contributed by atoms with van der Waals surface area (Å²) >= 11 is 6.26. The Kier molecular flexibility index (Phi) is 4.41. The van der Waals surface area contributed by atoms with Crippen molar-refractivity contribution >= 4 is 28.3 Å². The smallest absolute Gasteiger partial charge is 0.319 e. The van der Waals surface area contributed by atoms with E-state index < -0.39 is 24.4 Å². The SMILES string of the molecule is [2H]C([2H])(Oc1nc(N2CCOC[C@H]3[C@H](F)[C@@H]32)c2cnc(Cl)c(C)c2n1)[C@@]12CCCN1C[C@H](F)C2. The van der Waals surface area contributed by atoms with Crippen LogP contribution in [0.4, 0.5) is 14.6 Å². The lowest BCUT2D eigenvalue weighted by Gasteiger charge is -2.31. The molecule has 2 aromatic rings. The molecule has 0 N–H and O–H groups in total. The Morgan fingerprint density at radius 2 is 2.25 bits per heavy atom. The van der Waals surface area contributed by atoms with Gasteiger partial charge in [0, 0.05) is 37.2 Å². The number of aryl methyl sites for hydroxylation is 1. The van der Waals surface area contributed by atoms with Gasteiger partial charge in [0.2, 0.25) is 0 Å². The van der Waals surface area contributed by atoms with Gasteiger partial charge >= 0.3 is 6.01 Å². The van der Waals surface area contributed by atoms with Crippen molar-refractivity contribution < 1.29 is 21.0 Å². The number of anilines is 1. The molecule has 0 spiro atoms. The number of halogens is 3. The van der Waals surface area contributed by atoms with Gasteiger partial charge in [0.25, 0.3) is 0 Å². The highest BCUT2D eigenvalue weighted by atomic mass is 35.5. The molecule has 172 valence electrons. The second-order valence-electron chi connectivity index (χ2n) is 9.22. The largest absolute Gasteiger partial charge is 0.461 e. The zero-order valence-corrected chi connectivity index (χ0v) is 18.5. The summed E-state index contributed by atoms with van der Waals surface area (Å²) in [6.45, 7) is 1.54. The quantitative estimate of drug-likeness (QED) is 0.640. The van der Waals surface area contributed by atoms with Gasteiger partial charge in [-0.15, -0.1) is 0 Å². The number of hydrogen-bond donors (Lipinski definition) is 0. The minimum Gasteiger partial charge on any atom is -0.461 e. The lowest BCUT2D eigenvalue weighted by atomic mass is 9.95. The highest BCUT2D eigenvalue weighted by Gasteiger charge is 2.56. The van der Waals surface area contributed by atoms with Gasteiger partial charge in [0.1, 0.15) is 29.9 Å². The Balaban J connectivity index is 1.44. The van der Waals surface area contributed by atoms with Crippen LogP contribution in [-0.4, -0.2) is 83.2 Å². The molecule has 0 amide bonds. The van der Waals surface area contributed by atoms with Crippen LogP contribution in [0.1, 0.15) is 27.6 Å². The minimum atomic E-state index is -2.23. The van der Waals surface area contributed by atoms with Crippen LogP contribution < -0.4 is 9.64 Å². The topological polar surface area (TPSA) is 63.6 Å². The van der Waals surface area contributed by atoms with E-state index in [0.29, 0.717) is 55.0 Å². The lowest BCUT2D eigenvalue weighted by molar-refractivity contribution is 0.107. The van der Waals surface area contributed by atoms with Gasteiger partial charge in [-0.3, -0.25) is 4.90 Å². The minimum absolute atomic E-state index is 0.0615. The second-order valence-corrected chi connectivity index (χ2v) is 9.58. The van der Waals surface area contributed by atoms with E-state index in [0.717, 1.165) is 6.42 Å². The molecule has 0 aromatic carbocycles. The van der Waals surface area contributed by atoms with Crippen molar-refractivity contribution in [2.45, 2.75) is 50.1 Å². The van der Waals surface area contributed by atoms with Crippen LogP contribution in [-0.2, 0) is 4.74 Å². The van der Waals surface area contributed by atoms with Gasteiger partial charge in [0.05, 0.1) is 38.4 Å². The van der Waals surface area contributed by atoms with Crippen LogP contribution in [0.5, 0.6) is 6.01 Å². The first kappa shape index (κ1) is 18.6. The predicted octanol–water partition coefficient (Wildman–Crippen LogP) is 3.11. The summed E-state index contributed by atoms with van der Waals surface area (Å²) in [5.41, 5.74) is -0.0179. The van der Waals surface area contributed by atoms with Crippen molar-refractivity contribution in [1.29, 1.82) is 0 Å². The molecule has 4 aliphatic rings. The summed E-state index contributed by atoms with van der Waals surface area (Å²) in [5, 5.41) is 0.842. The molecule has 0 unspecified atom stereocenters. The normalized spacial score (nSPS) is 35.8. The molecule has 4 fully saturated rings. The molecule has 5 heterocycles. The number of alkyl halides is 2. The third-order valence-electron chi connectivity index (χ3n) is 7.26. The fourth-order valence-electron chi connectivity index (χ4n) is 5.51. The number of hydrogen-bond acceptors (Lipinski definition) is 7. The van der Waals surface area contributed by atoms with Crippen LogP contribution in [0, 0.1) is 12.8 Å². The van der Waals surface area contributed by atoms with E-state index in [2.05, 4.69) is 15.0 Å². The zero-order valence-electron chi connectivity index (χ0n) is 19.7. The average molecular weight is 468 g/mol. The van der Waals surface area contributed by atoms with E-state index in [1.54, 1.807) is 13.1 Å². The fraction of sp³-hybridized carbons (Fsp3) is 0.682. The maximum Gasteiger partial charge on any atom is 0.319 e. The molecule has 7 nitrogen and oxygen atoms in total. The van der Waals surface area contributed by atoms with Gasteiger partial charge in [-0.05, 0) is 26.3 Å². The van der Waals surface area contributed by atoms with Gasteiger partial charge < -0.3 is 14.4 Å². The molecular formula is C22H26ClF2N5O2. The zero-order chi connectivity index (χ0) is 23.8. The molecule has 3 aliphatic heterocycles. The Hall–Kier alpha value is -1.84. The van der Waals surface area contributed by atoms with E-state index in [1.165, 1.54) is 0 Å². The number of nitrogens with zero attached hydrogens (tertiary/aromatic N) is 5. The first-order valence-corrected chi connectivity index (χ1v) is 11.5. The Labute approximate surface area is 192 Å². The van der Waals surface area contributed by atoms with Gasteiger partial charge in [-0.1, -0.05) is 11.6 Å². The molecular weight excluding hydrogens is 440 g/mol. The number of rotatable bonds is 4. The number of ether oxygens (including phenoxy) is 2. The first-order valence-electron chi connectivity index (χ1n) is 12.1. The first-order chi connectivity index (χ1) is 16.2. The van der Waals surface area contributed by atoms with Crippen molar-refractivity contribution in [3.8, 4) is 6.01 Å². The van der Waals surface area contributed by atoms with E-state index >= 15 is 0 Å². The van der Waals surface area contributed by atoms with E-state index in [1.807, 2.05) is 9.80 Å². The lowest BCUT2D eigenvalue weighted by Crippen LogP contribution is -2.43. The highest BCUT2D eigenvalue weighted by molar-refractivity contribution is 6.31. The molecule has 1 aliphatic carbocycles. The van der Waals surface area contributed by atoms with Crippen LogP contribution >= 0.6 is 11.6 Å². The summed E-state index contributed by atoms with van der Waals surface area (Å²) in [6.07, 6.45) is 0.738. The Morgan fingerprint density at radius 3 is 3.12 bits per heavy atom. The van der Waals surface area contributed by atoms with Gasteiger partial charge in [-0.2, -0.15) is 9.97 Å². The highest BCUT2D eigenvalue weighted by Crippen LogP contribution is 2.45. The third kappa shape index (κ3) is 3.23. The predicted molar refractivity (Wildman–Crippen MR) is 116 cm³/mol. The van der Waals surface area contributed by atoms with Crippen molar-refractivity contribution in [1.82, 2.24) is 19.9 Å². The number of fused-ring (bicyclic) bond motifs is 3. The summed E-state index contributed by atoms with van der Waals surface area (Å²) in [6, 6.07) is -0.564. The van der Waals surface area contributed by atoms with Gasteiger partial charge in [0.15, 0.2) is 0 Å². The van der Waals surface area contributed by atoms with E-state index in [9.17, 15) is 8.78 Å². The van der Waals surface area contributed by atoms with Crippen molar-refractivity contribution in [2.75, 3.05) is 44.3 Å². The van der Waals surface area contributed by atoms with E-state index in [-0.39, 0.29) is 36.1 Å². The number of aromatic nitrogens is 3. The number of pyridine rings is 1. The van der Waals surface area contributed by atoms with Crippen LogP contribution in [0.2, 0.25) is 5.15 Å². The molecule has 2 aromatic heterocycles. The maximum absolute atomic E-state index is 14.6. The van der Waals surface area contributed by atoms with Crippen LogP contribution in [0.3, 0.4) is 0 Å². The summed E-state index contributed by atoms with van der Waals surface area (Å²) in [7, 11) is 0. The molecule has 3 saturated heterocycles. The van der Waals surface area contributed by atoms with E-state index in [4.69, 9.17) is 23.8 Å². The molecule has 6 rings (SSSR count). The molecule has 5 atom stereocenters. The molecule has 1 saturated carbocycles. The fourth-order valence-corrected chi connectivity index (χ4v) is 5.65. The second kappa shape index (κ2) is 7.60. The Morgan fingerprint density at radius 1 is 1.38 bits per heavy atom. The standard InChI is InChI=1S/C22H26ClF2N5O2/c1-12-17-14(8-26-19(12)23)20(30-5-6-31-10-15-16(25)18(15)30)28-21(27-17)32-11-22-3-2-4-29(22)9-13(24)7-22/h8,13,15-16,18H,2-7,9-11H2,1H3/t13-,15+,16+,18-,22+/m1/s1/i11D2. The summed E-state index contributed by atoms with van der Waals surface area (Å²) < 4.78 is 58.0. The van der Waals surface area contributed by atoms with Crippen LogP contribution in [0.25, 0.3) is 10.9 Å². The molecule has 0 radical (unpaired) electrons. The summed E-state index contributed by atoms with van der Waals surface area (Å²) in [5.74, 6) is 0.176. The molecule has 32 heavy (non-hydrogen) atoms. The summed E-state index contributed by atoms with van der Waals surface area (Å²) in [4.78, 5) is 17.0. The molecule has 10 heteroatoms. The van der Waals surface area contributed by atoms with Crippen molar-refractivity contribution in [2.24, 2.45) is 5.92 Å². The monoisotopic (exact) mass is 467 g/mol. The average Bonchev–Trinajstić information content (AvgIpc) is 3.14. The van der Waals surface area contributed by atoms with Crippen LogP contribution in [0.15, 0.2) is 6.20 Å². The maximum atomic E-state index is 14.6. The van der Waals surface area contributed by atoms with Crippen molar-refractivity contribution in [3.05, 3.63) is 16.9 Å². The van der Waals surface area contributed by atoms with Gasteiger partial charge in [-0.25, -0.2) is 13.8 Å². The molecule has 0 bridgehead atoms. The Bertz CT molecular complexity index is 1150.